The molecule has 4 nitrogen and oxygen atoms in total. The SMILES string of the molecule is CC1(CNC(=O)CN)CCCCC1O. The van der Waals surface area contributed by atoms with Crippen LogP contribution >= 0.6 is 0 Å². The van der Waals surface area contributed by atoms with Crippen molar-refractivity contribution in [2.45, 2.75) is 38.7 Å². The highest BCUT2D eigenvalue weighted by Gasteiger charge is 2.35. The van der Waals surface area contributed by atoms with E-state index in [4.69, 9.17) is 5.73 Å². The molecule has 1 aliphatic rings. The molecule has 14 heavy (non-hydrogen) atoms. The third-order valence-electron chi connectivity index (χ3n) is 3.15. The van der Waals surface area contributed by atoms with Crippen molar-refractivity contribution >= 4 is 5.91 Å². The van der Waals surface area contributed by atoms with E-state index < -0.39 is 0 Å². The van der Waals surface area contributed by atoms with Crippen LogP contribution in [0.25, 0.3) is 0 Å². The molecular formula is C10H20N2O2. The Morgan fingerprint density at radius 3 is 2.93 bits per heavy atom. The molecule has 2 atom stereocenters. The lowest BCUT2D eigenvalue weighted by Gasteiger charge is -2.38. The fraction of sp³-hybridized carbons (Fsp3) is 0.900. The van der Waals surface area contributed by atoms with E-state index in [1.165, 1.54) is 0 Å². The zero-order valence-electron chi connectivity index (χ0n) is 8.75. The number of amides is 1. The van der Waals surface area contributed by atoms with Gasteiger partial charge in [0, 0.05) is 12.0 Å². The van der Waals surface area contributed by atoms with Gasteiger partial charge in [0.25, 0.3) is 0 Å². The predicted octanol–water partition coefficient (Wildman–Crippen LogP) is 0.00250. The van der Waals surface area contributed by atoms with Crippen LogP contribution in [-0.4, -0.2) is 30.2 Å². The minimum atomic E-state index is -0.297. The van der Waals surface area contributed by atoms with Gasteiger partial charge < -0.3 is 16.2 Å². The maximum absolute atomic E-state index is 11.0. The summed E-state index contributed by atoms with van der Waals surface area (Å²) in [6.07, 6.45) is 3.73. The van der Waals surface area contributed by atoms with Crippen molar-refractivity contribution in [3.63, 3.8) is 0 Å². The van der Waals surface area contributed by atoms with E-state index in [0.717, 1.165) is 25.7 Å². The molecule has 0 bridgehead atoms. The van der Waals surface area contributed by atoms with Crippen molar-refractivity contribution in [2.75, 3.05) is 13.1 Å². The Hall–Kier alpha value is -0.610. The monoisotopic (exact) mass is 200 g/mol. The number of hydrogen-bond donors (Lipinski definition) is 3. The highest BCUT2D eigenvalue weighted by Crippen LogP contribution is 2.35. The van der Waals surface area contributed by atoms with Crippen LogP contribution in [0.15, 0.2) is 0 Å². The number of nitrogens with one attached hydrogen (secondary N) is 1. The van der Waals surface area contributed by atoms with E-state index in [1.54, 1.807) is 0 Å². The van der Waals surface area contributed by atoms with Crippen LogP contribution < -0.4 is 11.1 Å². The van der Waals surface area contributed by atoms with Gasteiger partial charge in [-0.2, -0.15) is 0 Å². The highest BCUT2D eigenvalue weighted by molar-refractivity contribution is 5.77. The Bertz CT molecular complexity index is 208. The molecule has 0 saturated heterocycles. The minimum Gasteiger partial charge on any atom is -0.392 e. The van der Waals surface area contributed by atoms with Crippen molar-refractivity contribution in [3.8, 4) is 0 Å². The fourth-order valence-corrected chi connectivity index (χ4v) is 1.96. The lowest BCUT2D eigenvalue weighted by molar-refractivity contribution is -0.120. The third-order valence-corrected chi connectivity index (χ3v) is 3.15. The summed E-state index contributed by atoms with van der Waals surface area (Å²) >= 11 is 0. The van der Waals surface area contributed by atoms with E-state index in [-0.39, 0.29) is 24.0 Å². The van der Waals surface area contributed by atoms with Crippen molar-refractivity contribution in [3.05, 3.63) is 0 Å². The summed E-state index contributed by atoms with van der Waals surface area (Å²) in [6, 6.07) is 0. The fourth-order valence-electron chi connectivity index (χ4n) is 1.96. The summed E-state index contributed by atoms with van der Waals surface area (Å²) in [5.41, 5.74) is 5.03. The maximum Gasteiger partial charge on any atom is 0.233 e. The topological polar surface area (TPSA) is 75.4 Å². The zero-order chi connectivity index (χ0) is 10.6. The number of carbonyl (C=O) groups is 1. The molecule has 2 unspecified atom stereocenters. The second-order valence-corrected chi connectivity index (χ2v) is 4.40. The quantitative estimate of drug-likeness (QED) is 0.600. The Morgan fingerprint density at radius 2 is 2.36 bits per heavy atom. The molecule has 4 N–H and O–H groups in total. The van der Waals surface area contributed by atoms with Gasteiger partial charge in [0.2, 0.25) is 5.91 Å². The number of rotatable bonds is 3. The minimum absolute atomic E-state index is 0.0200. The molecule has 82 valence electrons. The van der Waals surface area contributed by atoms with Gasteiger partial charge >= 0.3 is 0 Å². The summed E-state index contributed by atoms with van der Waals surface area (Å²) in [5.74, 6) is -0.149. The molecule has 0 aliphatic heterocycles. The molecule has 0 aromatic heterocycles. The number of aliphatic hydroxyl groups excluding tert-OH is 1. The molecule has 0 spiro atoms. The Balaban J connectivity index is 2.43. The zero-order valence-corrected chi connectivity index (χ0v) is 8.75. The van der Waals surface area contributed by atoms with Crippen LogP contribution in [0.5, 0.6) is 0 Å². The van der Waals surface area contributed by atoms with E-state index in [0.29, 0.717) is 6.54 Å². The van der Waals surface area contributed by atoms with Crippen LogP contribution in [0.4, 0.5) is 0 Å². The van der Waals surface area contributed by atoms with Gasteiger partial charge in [0.05, 0.1) is 12.6 Å². The summed E-state index contributed by atoms with van der Waals surface area (Å²) in [7, 11) is 0. The van der Waals surface area contributed by atoms with Gasteiger partial charge in [-0.15, -0.1) is 0 Å². The first-order chi connectivity index (χ1) is 6.58. The van der Waals surface area contributed by atoms with Gasteiger partial charge in [0.15, 0.2) is 0 Å². The Kier molecular flexibility index (Phi) is 3.89. The molecule has 0 aromatic carbocycles. The molecule has 0 aromatic rings. The van der Waals surface area contributed by atoms with Crippen LogP contribution in [-0.2, 0) is 4.79 Å². The summed E-state index contributed by atoms with van der Waals surface area (Å²) in [4.78, 5) is 11.0. The third kappa shape index (κ3) is 2.69. The normalized spacial score (nSPS) is 32.6. The summed E-state index contributed by atoms with van der Waals surface area (Å²) in [6.45, 7) is 2.57. The summed E-state index contributed by atoms with van der Waals surface area (Å²) < 4.78 is 0. The number of aliphatic hydroxyl groups is 1. The standard InChI is InChI=1S/C10H20N2O2/c1-10(7-12-9(14)6-11)5-3-2-4-8(10)13/h8,13H,2-7,11H2,1H3,(H,12,14). The average molecular weight is 200 g/mol. The molecular weight excluding hydrogens is 180 g/mol. The second kappa shape index (κ2) is 4.75. The smallest absolute Gasteiger partial charge is 0.233 e. The molecule has 0 heterocycles. The van der Waals surface area contributed by atoms with Crippen molar-refractivity contribution in [1.82, 2.24) is 5.32 Å². The second-order valence-electron chi connectivity index (χ2n) is 4.40. The van der Waals surface area contributed by atoms with E-state index in [2.05, 4.69) is 5.32 Å². The average Bonchev–Trinajstić information content (AvgIpc) is 2.19. The van der Waals surface area contributed by atoms with Crippen LogP contribution in [0.2, 0.25) is 0 Å². The van der Waals surface area contributed by atoms with Crippen LogP contribution in [0.3, 0.4) is 0 Å². The van der Waals surface area contributed by atoms with Gasteiger partial charge in [-0.05, 0) is 12.8 Å². The lowest BCUT2D eigenvalue weighted by atomic mass is 9.73. The molecule has 1 aliphatic carbocycles. The number of hydrogen-bond acceptors (Lipinski definition) is 3. The number of carbonyl (C=O) groups excluding carboxylic acids is 1. The van der Waals surface area contributed by atoms with E-state index >= 15 is 0 Å². The highest BCUT2D eigenvalue weighted by atomic mass is 16.3. The molecule has 0 radical (unpaired) electrons. The summed E-state index contributed by atoms with van der Waals surface area (Å²) in [5, 5.41) is 12.6. The first-order valence-corrected chi connectivity index (χ1v) is 5.23. The Labute approximate surface area is 84.9 Å². The lowest BCUT2D eigenvalue weighted by Crippen LogP contribution is -2.46. The maximum atomic E-state index is 11.0. The van der Waals surface area contributed by atoms with E-state index in [9.17, 15) is 9.90 Å². The molecule has 1 saturated carbocycles. The first-order valence-electron chi connectivity index (χ1n) is 5.23. The van der Waals surface area contributed by atoms with Gasteiger partial charge in [0.1, 0.15) is 0 Å². The number of nitrogens with two attached hydrogens (primary N) is 1. The van der Waals surface area contributed by atoms with Crippen molar-refractivity contribution in [2.24, 2.45) is 11.1 Å². The Morgan fingerprint density at radius 1 is 1.64 bits per heavy atom. The van der Waals surface area contributed by atoms with Crippen molar-refractivity contribution < 1.29 is 9.90 Å². The van der Waals surface area contributed by atoms with E-state index in [1.807, 2.05) is 6.92 Å². The molecule has 4 heteroatoms. The molecule has 1 amide bonds. The van der Waals surface area contributed by atoms with Crippen LogP contribution in [0, 0.1) is 5.41 Å². The van der Waals surface area contributed by atoms with Gasteiger partial charge in [-0.25, -0.2) is 0 Å². The van der Waals surface area contributed by atoms with Crippen LogP contribution in [0.1, 0.15) is 32.6 Å². The van der Waals surface area contributed by atoms with Gasteiger partial charge in [-0.3, -0.25) is 4.79 Å². The molecule has 1 rings (SSSR count). The predicted molar refractivity (Wildman–Crippen MR) is 54.6 cm³/mol. The largest absolute Gasteiger partial charge is 0.392 e. The van der Waals surface area contributed by atoms with Crippen molar-refractivity contribution in [1.29, 1.82) is 0 Å². The molecule has 1 fully saturated rings. The first kappa shape index (κ1) is 11.5. The van der Waals surface area contributed by atoms with Gasteiger partial charge in [-0.1, -0.05) is 19.8 Å².